The number of hydrogen-bond acceptors (Lipinski definition) is 4. The molecule has 1 heterocycles. The average molecular weight is 242 g/mol. The molecular formula is C11H18N2O2S. The zero-order valence-corrected chi connectivity index (χ0v) is 11.2. The summed E-state index contributed by atoms with van der Waals surface area (Å²) in [4.78, 5) is 12.0. The normalized spacial score (nSPS) is 11.6. The zero-order valence-electron chi connectivity index (χ0n) is 10.4. The Labute approximate surface area is 100 Å². The molecular weight excluding hydrogens is 224 g/mol. The molecule has 1 aromatic heterocycles. The van der Waals surface area contributed by atoms with Crippen molar-refractivity contribution in [1.82, 2.24) is 9.78 Å². The first kappa shape index (κ1) is 13.1. The molecule has 0 saturated heterocycles. The van der Waals surface area contributed by atoms with Gasteiger partial charge in [0.2, 0.25) is 0 Å². The van der Waals surface area contributed by atoms with Gasteiger partial charge < -0.3 is 4.74 Å². The number of aryl methyl sites for hydroxylation is 1. The van der Waals surface area contributed by atoms with Crippen LogP contribution in [0, 0.1) is 0 Å². The number of rotatable bonds is 4. The third-order valence-corrected chi connectivity index (χ3v) is 3.30. The minimum atomic E-state index is 0.0526. The Morgan fingerprint density at radius 1 is 1.56 bits per heavy atom. The van der Waals surface area contributed by atoms with Gasteiger partial charge in [0.15, 0.2) is 11.5 Å². The molecule has 1 aromatic rings. The first-order valence-electron chi connectivity index (χ1n) is 5.08. The molecule has 16 heavy (non-hydrogen) atoms. The number of Topliss-reactive ketones (excluding diaryl/α,β-unsaturated/α-hetero) is 1. The minimum Gasteiger partial charge on any atom is -0.493 e. The minimum absolute atomic E-state index is 0.0526. The first-order valence-corrected chi connectivity index (χ1v) is 6.07. The standard InChI is InChI=1S/C11H18N2O2S/c1-11(2,3)16-7-8(14)10-9(15-5)6-12-13(10)4/h6H,7H2,1-5H3. The van der Waals surface area contributed by atoms with E-state index in [-0.39, 0.29) is 10.5 Å². The van der Waals surface area contributed by atoms with Gasteiger partial charge in [-0.05, 0) is 0 Å². The van der Waals surface area contributed by atoms with Crippen LogP contribution in [0.2, 0.25) is 0 Å². The summed E-state index contributed by atoms with van der Waals surface area (Å²) in [5.41, 5.74) is 0.541. The van der Waals surface area contributed by atoms with E-state index < -0.39 is 0 Å². The van der Waals surface area contributed by atoms with Crippen molar-refractivity contribution in [3.63, 3.8) is 0 Å². The average Bonchev–Trinajstić information content (AvgIpc) is 2.55. The van der Waals surface area contributed by atoms with Gasteiger partial charge in [0.1, 0.15) is 5.69 Å². The van der Waals surface area contributed by atoms with Crippen molar-refractivity contribution >= 4 is 17.5 Å². The molecule has 0 aliphatic carbocycles. The fraction of sp³-hybridized carbons (Fsp3) is 0.636. The van der Waals surface area contributed by atoms with Crippen LogP contribution in [-0.2, 0) is 7.05 Å². The number of nitrogens with zero attached hydrogens (tertiary/aromatic N) is 2. The quantitative estimate of drug-likeness (QED) is 0.759. The zero-order chi connectivity index (χ0) is 12.3. The fourth-order valence-corrected chi connectivity index (χ4v) is 1.94. The SMILES string of the molecule is COc1cnn(C)c1C(=O)CSC(C)(C)C. The Balaban J connectivity index is 2.76. The van der Waals surface area contributed by atoms with Crippen molar-refractivity contribution in [2.24, 2.45) is 7.05 Å². The highest BCUT2D eigenvalue weighted by molar-refractivity contribution is 8.01. The smallest absolute Gasteiger partial charge is 0.194 e. The van der Waals surface area contributed by atoms with Crippen molar-refractivity contribution in [3.8, 4) is 5.75 Å². The molecule has 0 spiro atoms. The number of methoxy groups -OCH3 is 1. The lowest BCUT2D eigenvalue weighted by molar-refractivity contribution is 0.101. The molecule has 0 radical (unpaired) electrons. The molecule has 0 unspecified atom stereocenters. The molecule has 0 N–H and O–H groups in total. The van der Waals surface area contributed by atoms with Crippen LogP contribution in [0.1, 0.15) is 31.3 Å². The van der Waals surface area contributed by atoms with Gasteiger partial charge in [-0.25, -0.2) is 0 Å². The second-order valence-corrected chi connectivity index (χ2v) is 6.31. The number of hydrogen-bond donors (Lipinski definition) is 0. The van der Waals surface area contributed by atoms with E-state index in [4.69, 9.17) is 4.74 Å². The molecule has 0 saturated carbocycles. The number of carbonyl (C=O) groups is 1. The molecule has 0 fully saturated rings. The van der Waals surface area contributed by atoms with Crippen LogP contribution < -0.4 is 4.74 Å². The van der Waals surface area contributed by atoms with Gasteiger partial charge in [-0.2, -0.15) is 5.10 Å². The highest BCUT2D eigenvalue weighted by atomic mass is 32.2. The lowest BCUT2D eigenvalue weighted by atomic mass is 10.3. The van der Waals surface area contributed by atoms with Gasteiger partial charge >= 0.3 is 0 Å². The molecule has 4 nitrogen and oxygen atoms in total. The Bertz CT molecular complexity index is 380. The highest BCUT2D eigenvalue weighted by Gasteiger charge is 2.20. The van der Waals surface area contributed by atoms with E-state index in [1.54, 1.807) is 36.8 Å². The van der Waals surface area contributed by atoms with Crippen LogP contribution in [0.4, 0.5) is 0 Å². The monoisotopic (exact) mass is 242 g/mol. The van der Waals surface area contributed by atoms with Crippen LogP contribution in [0.5, 0.6) is 5.75 Å². The van der Waals surface area contributed by atoms with E-state index in [1.807, 2.05) is 0 Å². The molecule has 0 aromatic carbocycles. The molecule has 0 amide bonds. The second kappa shape index (κ2) is 4.91. The van der Waals surface area contributed by atoms with Gasteiger partial charge in [0, 0.05) is 11.8 Å². The van der Waals surface area contributed by atoms with Gasteiger partial charge in [0.25, 0.3) is 0 Å². The van der Waals surface area contributed by atoms with E-state index in [0.29, 0.717) is 17.2 Å². The number of carbonyl (C=O) groups excluding carboxylic acids is 1. The van der Waals surface area contributed by atoms with Gasteiger partial charge in [-0.3, -0.25) is 9.48 Å². The molecule has 0 atom stereocenters. The van der Waals surface area contributed by atoms with Gasteiger partial charge in [0.05, 0.1) is 19.1 Å². The van der Waals surface area contributed by atoms with E-state index in [1.165, 1.54) is 0 Å². The third kappa shape index (κ3) is 3.27. The van der Waals surface area contributed by atoms with Crippen molar-refractivity contribution in [2.45, 2.75) is 25.5 Å². The lowest BCUT2D eigenvalue weighted by Gasteiger charge is -2.16. The molecule has 0 aliphatic heterocycles. The number of ether oxygens (including phenoxy) is 1. The van der Waals surface area contributed by atoms with Crippen LogP contribution in [0.15, 0.2) is 6.20 Å². The van der Waals surface area contributed by atoms with E-state index in [9.17, 15) is 4.79 Å². The van der Waals surface area contributed by atoms with E-state index in [2.05, 4.69) is 25.9 Å². The highest BCUT2D eigenvalue weighted by Crippen LogP contribution is 2.26. The second-order valence-electron chi connectivity index (χ2n) is 4.51. The molecule has 1 rings (SSSR count). The summed E-state index contributed by atoms with van der Waals surface area (Å²) >= 11 is 1.62. The number of thioether (sulfide) groups is 1. The molecule has 5 heteroatoms. The summed E-state index contributed by atoms with van der Waals surface area (Å²) in [5, 5.41) is 4.01. The summed E-state index contributed by atoms with van der Waals surface area (Å²) in [6.45, 7) is 6.27. The third-order valence-electron chi connectivity index (χ3n) is 2.03. The summed E-state index contributed by atoms with van der Waals surface area (Å²) in [7, 11) is 3.29. The Morgan fingerprint density at radius 2 is 2.19 bits per heavy atom. The predicted molar refractivity (Wildman–Crippen MR) is 66.3 cm³/mol. The predicted octanol–water partition coefficient (Wildman–Crippen LogP) is 2.14. The van der Waals surface area contributed by atoms with Crippen molar-refractivity contribution in [1.29, 1.82) is 0 Å². The summed E-state index contributed by atoms with van der Waals surface area (Å²) in [6.07, 6.45) is 1.56. The van der Waals surface area contributed by atoms with E-state index >= 15 is 0 Å². The largest absolute Gasteiger partial charge is 0.493 e. The molecule has 90 valence electrons. The fourth-order valence-electron chi connectivity index (χ4n) is 1.24. The topological polar surface area (TPSA) is 44.1 Å². The summed E-state index contributed by atoms with van der Waals surface area (Å²) in [5.74, 6) is 1.04. The lowest BCUT2D eigenvalue weighted by Crippen LogP contribution is -2.16. The Morgan fingerprint density at radius 3 is 2.69 bits per heavy atom. The number of ketones is 1. The summed E-state index contributed by atoms with van der Waals surface area (Å²) < 4.78 is 6.75. The Kier molecular flexibility index (Phi) is 4.02. The van der Waals surface area contributed by atoms with Gasteiger partial charge in [-0.1, -0.05) is 20.8 Å². The van der Waals surface area contributed by atoms with Crippen molar-refractivity contribution in [2.75, 3.05) is 12.9 Å². The van der Waals surface area contributed by atoms with Crippen LogP contribution >= 0.6 is 11.8 Å². The number of aromatic nitrogens is 2. The van der Waals surface area contributed by atoms with E-state index in [0.717, 1.165) is 0 Å². The van der Waals surface area contributed by atoms with Crippen LogP contribution in [0.25, 0.3) is 0 Å². The van der Waals surface area contributed by atoms with Crippen molar-refractivity contribution in [3.05, 3.63) is 11.9 Å². The molecule has 0 aliphatic rings. The first-order chi connectivity index (χ1) is 7.35. The maximum Gasteiger partial charge on any atom is 0.194 e. The molecule has 0 bridgehead atoms. The van der Waals surface area contributed by atoms with Crippen molar-refractivity contribution < 1.29 is 9.53 Å². The maximum absolute atomic E-state index is 12.0. The van der Waals surface area contributed by atoms with Gasteiger partial charge in [-0.15, -0.1) is 11.8 Å². The Hall–Kier alpha value is -0.970. The maximum atomic E-state index is 12.0. The summed E-state index contributed by atoms with van der Waals surface area (Å²) in [6, 6.07) is 0. The van der Waals surface area contributed by atoms with Crippen LogP contribution in [0.3, 0.4) is 0 Å². The van der Waals surface area contributed by atoms with Crippen LogP contribution in [-0.4, -0.2) is 33.2 Å².